The van der Waals surface area contributed by atoms with Gasteiger partial charge in [-0.05, 0) is 33.4 Å². The summed E-state index contributed by atoms with van der Waals surface area (Å²) in [5, 5.41) is 3.34. The largest absolute Gasteiger partial charge is 0.313 e. The highest BCUT2D eigenvalue weighted by molar-refractivity contribution is 7.89. The van der Waals surface area contributed by atoms with Crippen molar-refractivity contribution >= 4 is 10.0 Å². The van der Waals surface area contributed by atoms with Crippen LogP contribution in [0.25, 0.3) is 0 Å². The summed E-state index contributed by atoms with van der Waals surface area (Å²) in [6, 6.07) is 1.03. The lowest BCUT2D eigenvalue weighted by atomic mass is 9.99. The summed E-state index contributed by atoms with van der Waals surface area (Å²) in [4.78, 5) is 2.34. The molecule has 0 aromatic carbocycles. The molecule has 1 aliphatic rings. The van der Waals surface area contributed by atoms with E-state index in [0.717, 1.165) is 19.4 Å². The molecule has 2 N–H and O–H groups in total. The second-order valence-corrected chi connectivity index (χ2v) is 6.75. The predicted octanol–water partition coefficient (Wildman–Crippen LogP) is -0.00200. The van der Waals surface area contributed by atoms with Gasteiger partial charge in [0, 0.05) is 25.2 Å². The van der Waals surface area contributed by atoms with Crippen molar-refractivity contribution in [3.05, 3.63) is 0 Å². The maximum atomic E-state index is 11.4. The van der Waals surface area contributed by atoms with E-state index in [1.807, 2.05) is 0 Å². The van der Waals surface area contributed by atoms with Crippen LogP contribution in [-0.4, -0.2) is 57.8 Å². The van der Waals surface area contributed by atoms with Gasteiger partial charge in [-0.15, -0.1) is 0 Å². The predicted molar refractivity (Wildman–Crippen MR) is 70.6 cm³/mol. The van der Waals surface area contributed by atoms with Crippen molar-refractivity contribution in [2.45, 2.75) is 38.8 Å². The maximum absolute atomic E-state index is 11.4. The number of sulfonamides is 1. The van der Waals surface area contributed by atoms with Crippen molar-refractivity contribution in [3.63, 3.8) is 0 Å². The van der Waals surface area contributed by atoms with Crippen LogP contribution < -0.4 is 10.0 Å². The Morgan fingerprint density at radius 3 is 2.71 bits per heavy atom. The van der Waals surface area contributed by atoms with Crippen LogP contribution in [0.3, 0.4) is 0 Å². The first kappa shape index (κ1) is 14.9. The van der Waals surface area contributed by atoms with Gasteiger partial charge in [-0.25, -0.2) is 13.1 Å². The van der Waals surface area contributed by atoms with Gasteiger partial charge in [0.1, 0.15) is 0 Å². The normalized spacial score (nSPS) is 27.2. The second-order valence-electron chi connectivity index (χ2n) is 4.82. The lowest BCUT2D eigenvalue weighted by Gasteiger charge is -2.35. The first-order valence-electron chi connectivity index (χ1n) is 6.35. The Balaban J connectivity index is 2.23. The first-order chi connectivity index (χ1) is 7.94. The quantitative estimate of drug-likeness (QED) is 0.708. The van der Waals surface area contributed by atoms with Crippen molar-refractivity contribution in [2.75, 3.05) is 32.4 Å². The lowest BCUT2D eigenvalue weighted by Crippen LogP contribution is -2.46. The molecule has 0 aliphatic carbocycles. The van der Waals surface area contributed by atoms with Crippen LogP contribution in [0.5, 0.6) is 0 Å². The van der Waals surface area contributed by atoms with E-state index in [0.29, 0.717) is 25.2 Å². The molecule has 0 spiro atoms. The molecular formula is C11H25N3O2S. The van der Waals surface area contributed by atoms with E-state index in [1.54, 1.807) is 6.92 Å². The zero-order chi connectivity index (χ0) is 12.9. The van der Waals surface area contributed by atoms with Gasteiger partial charge < -0.3 is 10.2 Å². The molecule has 0 radical (unpaired) electrons. The molecule has 1 rings (SSSR count). The number of rotatable bonds is 6. The Labute approximate surface area is 105 Å². The van der Waals surface area contributed by atoms with Crippen LogP contribution in [-0.2, 0) is 10.0 Å². The Morgan fingerprint density at radius 2 is 2.12 bits per heavy atom. The Kier molecular flexibility index (Phi) is 5.85. The van der Waals surface area contributed by atoms with Gasteiger partial charge in [-0.3, -0.25) is 0 Å². The number of hydrogen-bond acceptors (Lipinski definition) is 4. The lowest BCUT2D eigenvalue weighted by molar-refractivity contribution is 0.170. The topological polar surface area (TPSA) is 61.4 Å². The van der Waals surface area contributed by atoms with Crippen LogP contribution in [0.1, 0.15) is 26.7 Å². The number of nitrogens with zero attached hydrogens (tertiary/aromatic N) is 1. The number of nitrogens with one attached hydrogen (secondary N) is 2. The molecule has 0 aromatic rings. The fourth-order valence-corrected chi connectivity index (χ4v) is 3.14. The van der Waals surface area contributed by atoms with Crippen LogP contribution >= 0.6 is 0 Å². The molecule has 2 unspecified atom stereocenters. The average Bonchev–Trinajstić information content (AvgIpc) is 2.23. The van der Waals surface area contributed by atoms with E-state index >= 15 is 0 Å². The second kappa shape index (κ2) is 6.68. The molecule has 17 heavy (non-hydrogen) atoms. The summed E-state index contributed by atoms with van der Waals surface area (Å²) in [5.74, 6) is 0.168. The summed E-state index contributed by atoms with van der Waals surface area (Å²) in [5.41, 5.74) is 0. The van der Waals surface area contributed by atoms with Crippen molar-refractivity contribution in [1.29, 1.82) is 0 Å². The van der Waals surface area contributed by atoms with Crippen molar-refractivity contribution in [3.8, 4) is 0 Å². The summed E-state index contributed by atoms with van der Waals surface area (Å²) >= 11 is 0. The molecule has 1 heterocycles. The fraction of sp³-hybridized carbons (Fsp3) is 1.00. The Morgan fingerprint density at radius 1 is 1.41 bits per heavy atom. The highest BCUT2D eigenvalue weighted by Crippen LogP contribution is 2.14. The van der Waals surface area contributed by atoms with E-state index in [1.165, 1.54) is 0 Å². The molecule has 0 amide bonds. The molecule has 5 nitrogen and oxygen atoms in total. The van der Waals surface area contributed by atoms with Crippen molar-refractivity contribution < 1.29 is 8.42 Å². The fourth-order valence-electron chi connectivity index (χ4n) is 2.16. The van der Waals surface area contributed by atoms with Gasteiger partial charge >= 0.3 is 0 Å². The molecule has 0 bridgehead atoms. The molecule has 0 saturated carbocycles. The zero-order valence-electron chi connectivity index (χ0n) is 11.1. The van der Waals surface area contributed by atoms with Gasteiger partial charge in [0.15, 0.2) is 0 Å². The van der Waals surface area contributed by atoms with E-state index in [-0.39, 0.29) is 5.75 Å². The van der Waals surface area contributed by atoms with Gasteiger partial charge in [0.2, 0.25) is 10.0 Å². The number of hydrogen-bond donors (Lipinski definition) is 2. The highest BCUT2D eigenvalue weighted by Gasteiger charge is 2.22. The highest BCUT2D eigenvalue weighted by atomic mass is 32.2. The first-order valence-corrected chi connectivity index (χ1v) is 8.01. The SMILES string of the molecule is CCNS(=O)(=O)CCNC1CCN(C)C(C)C1. The third-order valence-corrected chi connectivity index (χ3v) is 4.85. The molecule has 0 aromatic heterocycles. The maximum Gasteiger partial charge on any atom is 0.212 e. The van der Waals surface area contributed by atoms with Crippen molar-refractivity contribution in [1.82, 2.24) is 14.9 Å². The minimum Gasteiger partial charge on any atom is -0.313 e. The summed E-state index contributed by atoms with van der Waals surface area (Å²) in [6.45, 7) is 6.09. The summed E-state index contributed by atoms with van der Waals surface area (Å²) in [7, 11) is -0.944. The van der Waals surface area contributed by atoms with Gasteiger partial charge in [0.05, 0.1) is 5.75 Å². The van der Waals surface area contributed by atoms with Crippen molar-refractivity contribution in [2.24, 2.45) is 0 Å². The molecule has 2 atom stereocenters. The van der Waals surface area contributed by atoms with Gasteiger partial charge in [0.25, 0.3) is 0 Å². The standard InChI is InChI=1S/C11H25N3O2S/c1-4-13-17(15,16)8-6-12-11-5-7-14(3)10(2)9-11/h10-13H,4-9H2,1-3H3. The van der Waals surface area contributed by atoms with Crippen LogP contribution in [0.4, 0.5) is 0 Å². The minimum absolute atomic E-state index is 0.168. The van der Waals surface area contributed by atoms with Crippen LogP contribution in [0.15, 0.2) is 0 Å². The molecule has 1 saturated heterocycles. The summed E-state index contributed by atoms with van der Waals surface area (Å²) < 4.78 is 25.4. The monoisotopic (exact) mass is 263 g/mol. The van der Waals surface area contributed by atoms with E-state index in [9.17, 15) is 8.42 Å². The van der Waals surface area contributed by atoms with Gasteiger partial charge in [-0.1, -0.05) is 6.92 Å². The molecule has 1 aliphatic heterocycles. The van der Waals surface area contributed by atoms with E-state index < -0.39 is 10.0 Å². The third kappa shape index (κ3) is 5.33. The van der Waals surface area contributed by atoms with Gasteiger partial charge in [-0.2, -0.15) is 0 Å². The average molecular weight is 263 g/mol. The van der Waals surface area contributed by atoms with E-state index in [2.05, 4.69) is 28.9 Å². The zero-order valence-corrected chi connectivity index (χ0v) is 11.9. The van der Waals surface area contributed by atoms with E-state index in [4.69, 9.17) is 0 Å². The molecular weight excluding hydrogens is 238 g/mol. The third-order valence-electron chi connectivity index (χ3n) is 3.38. The molecule has 102 valence electrons. The Bertz CT molecular complexity index is 319. The van der Waals surface area contributed by atoms with Crippen LogP contribution in [0.2, 0.25) is 0 Å². The Hall–Kier alpha value is -0.170. The smallest absolute Gasteiger partial charge is 0.212 e. The number of likely N-dealkylation sites (tertiary alicyclic amines) is 1. The van der Waals surface area contributed by atoms with Crippen LogP contribution in [0, 0.1) is 0 Å². The summed E-state index contributed by atoms with van der Waals surface area (Å²) in [6.07, 6.45) is 2.19. The molecule has 6 heteroatoms. The molecule has 1 fully saturated rings. The minimum atomic E-state index is -3.08. The number of piperidine rings is 1.